The summed E-state index contributed by atoms with van der Waals surface area (Å²) in [7, 11) is 0. The van der Waals surface area contributed by atoms with E-state index < -0.39 is 11.1 Å². The van der Waals surface area contributed by atoms with E-state index in [0.717, 1.165) is 0 Å². The molecule has 0 bridgehead atoms. The molecule has 2 atom stereocenters. The second-order valence-corrected chi connectivity index (χ2v) is 3.82. The molecule has 1 fully saturated rings. The second-order valence-electron chi connectivity index (χ2n) is 2.59. The third kappa shape index (κ3) is 9.64. The second kappa shape index (κ2) is 12.1. The molecule has 17 heavy (non-hydrogen) atoms. The molecule has 0 amide bonds. The molecule has 1 saturated heterocycles. The molecule has 5 nitrogen and oxygen atoms in total. The first-order valence-electron chi connectivity index (χ1n) is 4.31. The van der Waals surface area contributed by atoms with Gasteiger partial charge in [0.25, 0.3) is 0 Å². The van der Waals surface area contributed by atoms with E-state index in [1.54, 1.807) is 0 Å². The third-order valence-corrected chi connectivity index (χ3v) is 2.50. The van der Waals surface area contributed by atoms with Crippen LogP contribution in [0.2, 0.25) is 0 Å². The Bertz CT molecular complexity index is 209. The molecule has 0 saturated carbocycles. The van der Waals surface area contributed by atoms with Gasteiger partial charge in [0.1, 0.15) is 19.5 Å². The van der Waals surface area contributed by atoms with Gasteiger partial charge in [0.15, 0.2) is 11.1 Å². The molecule has 2 heterocycles. The van der Waals surface area contributed by atoms with E-state index in [2.05, 4.69) is 0 Å². The van der Waals surface area contributed by atoms with Crippen molar-refractivity contribution >= 4 is 34.8 Å². The summed E-state index contributed by atoms with van der Waals surface area (Å²) in [6.45, 7) is 2.25. The van der Waals surface area contributed by atoms with Crippen LogP contribution in [0.5, 0.6) is 0 Å². The molecular weight excluding hydrogens is 305 g/mol. The van der Waals surface area contributed by atoms with Gasteiger partial charge in [-0.25, -0.2) is 0 Å². The summed E-state index contributed by atoms with van der Waals surface area (Å²) < 4.78 is 19.3. The zero-order chi connectivity index (χ0) is 11.1. The van der Waals surface area contributed by atoms with Gasteiger partial charge in [0.05, 0.1) is 13.2 Å². The number of hydrogen-bond acceptors (Lipinski definition) is 5. The van der Waals surface area contributed by atoms with E-state index in [9.17, 15) is 0 Å². The van der Waals surface area contributed by atoms with Crippen molar-refractivity contribution in [2.45, 2.75) is 11.1 Å². The number of rotatable bonds is 0. The van der Waals surface area contributed by atoms with Crippen molar-refractivity contribution in [1.29, 1.82) is 0 Å². The van der Waals surface area contributed by atoms with Gasteiger partial charge < -0.3 is 24.4 Å². The molecular formula is C8H12Cl3NaO5. The Hall–Kier alpha value is 1.09. The van der Waals surface area contributed by atoms with Crippen molar-refractivity contribution in [2.75, 3.05) is 26.4 Å². The van der Waals surface area contributed by atoms with Crippen LogP contribution < -0.4 is 29.6 Å². The van der Waals surface area contributed by atoms with Crippen LogP contribution in [0.4, 0.5) is 0 Å². The Balaban J connectivity index is 0. The Kier molecular flexibility index (Phi) is 14.6. The van der Waals surface area contributed by atoms with E-state index in [1.165, 1.54) is 6.26 Å². The van der Waals surface area contributed by atoms with Crippen molar-refractivity contribution in [3.8, 4) is 0 Å². The van der Waals surface area contributed by atoms with Gasteiger partial charge in [-0.05, 0) is 11.6 Å². The minimum Gasteiger partial charge on any atom is -0.870 e. The van der Waals surface area contributed by atoms with Crippen LogP contribution in [0.25, 0.3) is 0 Å². The molecule has 0 aromatic carbocycles. The maximum absolute atomic E-state index is 5.49. The molecule has 0 aromatic heterocycles. The molecule has 2 rings (SSSR count). The molecule has 0 spiro atoms. The summed E-state index contributed by atoms with van der Waals surface area (Å²) in [5.74, 6) is 0. The van der Waals surface area contributed by atoms with Crippen molar-refractivity contribution in [1.82, 2.24) is 0 Å². The maximum Gasteiger partial charge on any atom is 1.00 e. The number of alkyl halides is 2. The van der Waals surface area contributed by atoms with Crippen LogP contribution >= 0.6 is 34.8 Å². The van der Waals surface area contributed by atoms with E-state index in [-0.39, 0.29) is 35.0 Å². The zero-order valence-corrected chi connectivity index (χ0v) is 13.5. The molecule has 1 N–H and O–H groups in total. The van der Waals surface area contributed by atoms with Crippen LogP contribution in [-0.2, 0) is 18.9 Å². The fraction of sp³-hybridized carbons (Fsp3) is 0.750. The summed E-state index contributed by atoms with van der Waals surface area (Å²) in [4.78, 5) is 0. The Morgan fingerprint density at radius 1 is 1.00 bits per heavy atom. The fourth-order valence-electron chi connectivity index (χ4n) is 0.818. The van der Waals surface area contributed by atoms with Gasteiger partial charge in [0, 0.05) is 0 Å². The van der Waals surface area contributed by atoms with E-state index in [1.807, 2.05) is 0 Å². The van der Waals surface area contributed by atoms with Gasteiger partial charge >= 0.3 is 29.6 Å². The summed E-state index contributed by atoms with van der Waals surface area (Å²) in [6.07, 6.45) is 1.39. The zero-order valence-electron chi connectivity index (χ0n) is 9.27. The summed E-state index contributed by atoms with van der Waals surface area (Å²) in [6, 6.07) is 0. The molecule has 2 aliphatic heterocycles. The Morgan fingerprint density at radius 2 is 1.53 bits per heavy atom. The van der Waals surface area contributed by atoms with Gasteiger partial charge in [-0.3, -0.25) is 0 Å². The van der Waals surface area contributed by atoms with Crippen molar-refractivity contribution < 1.29 is 54.0 Å². The van der Waals surface area contributed by atoms with E-state index >= 15 is 0 Å². The van der Waals surface area contributed by atoms with Crippen LogP contribution in [0.15, 0.2) is 11.5 Å². The van der Waals surface area contributed by atoms with Gasteiger partial charge in [0.2, 0.25) is 5.22 Å². The van der Waals surface area contributed by atoms with E-state index in [4.69, 9.17) is 53.8 Å². The Morgan fingerprint density at radius 3 is 1.76 bits per heavy atom. The van der Waals surface area contributed by atoms with Gasteiger partial charge in [-0.15, -0.1) is 0 Å². The normalized spacial score (nSPS) is 26.6. The predicted octanol–water partition coefficient (Wildman–Crippen LogP) is -0.939. The van der Waals surface area contributed by atoms with Crippen LogP contribution in [-0.4, -0.2) is 43.0 Å². The van der Waals surface area contributed by atoms with Crippen molar-refractivity contribution in [3.05, 3.63) is 11.5 Å². The van der Waals surface area contributed by atoms with Crippen LogP contribution in [0.1, 0.15) is 0 Å². The third-order valence-electron chi connectivity index (χ3n) is 1.46. The predicted molar refractivity (Wildman–Crippen MR) is 59.0 cm³/mol. The number of hydrogen-bond donors (Lipinski definition) is 0. The first kappa shape index (κ1) is 20.4. The molecule has 9 heteroatoms. The van der Waals surface area contributed by atoms with Crippen LogP contribution in [0.3, 0.4) is 0 Å². The topological polar surface area (TPSA) is 66.9 Å². The van der Waals surface area contributed by atoms with E-state index in [0.29, 0.717) is 31.6 Å². The minimum absolute atomic E-state index is 0. The molecule has 0 aromatic rings. The molecule has 96 valence electrons. The first-order valence-corrected chi connectivity index (χ1v) is 5.56. The van der Waals surface area contributed by atoms with Crippen LogP contribution in [0, 0.1) is 0 Å². The van der Waals surface area contributed by atoms with Gasteiger partial charge in [-0.1, -0.05) is 23.2 Å². The molecule has 2 aliphatic rings. The maximum atomic E-state index is 5.49. The summed E-state index contributed by atoms with van der Waals surface area (Å²) in [5.41, 5.74) is -0.962. The Labute approximate surface area is 137 Å². The quantitative estimate of drug-likeness (QED) is 0.426. The monoisotopic (exact) mass is 316 g/mol. The summed E-state index contributed by atoms with van der Waals surface area (Å²) >= 11 is 16.3. The van der Waals surface area contributed by atoms with Crippen molar-refractivity contribution in [3.63, 3.8) is 0 Å². The van der Waals surface area contributed by atoms with Crippen molar-refractivity contribution in [2.24, 2.45) is 0 Å². The number of ether oxygens (including phenoxy) is 4. The molecule has 0 aliphatic carbocycles. The average molecular weight is 318 g/mol. The fourth-order valence-corrected chi connectivity index (χ4v) is 1.28. The largest absolute Gasteiger partial charge is 1.00 e. The summed E-state index contributed by atoms with van der Waals surface area (Å²) in [5, 5.41) is 0.339. The first-order chi connectivity index (χ1) is 7.20. The minimum atomic E-state index is -0.481. The number of halogens is 3. The van der Waals surface area contributed by atoms with Gasteiger partial charge in [-0.2, -0.15) is 0 Å². The molecule has 0 radical (unpaired) electrons. The SMILES string of the molecule is ClC1=COCCO1.ClC1OCCOC1Cl.[Na+].[OH-]. The average Bonchev–Trinajstić information content (AvgIpc) is 2.25. The smallest absolute Gasteiger partial charge is 0.870 e. The molecule has 2 unspecified atom stereocenters. The standard InChI is InChI=1S/C4H6Cl2O2.C4H5ClO2.Na.H2O/c5-3-4(6)8-2-1-7-3;5-4-3-6-1-2-7-4;;/h3-4H,1-2H2;3H,1-2H2;;1H2/q;;+1;/p-1.